The van der Waals surface area contributed by atoms with E-state index in [2.05, 4.69) is 10.3 Å². The summed E-state index contributed by atoms with van der Waals surface area (Å²) in [4.78, 5) is 3.04. The van der Waals surface area contributed by atoms with E-state index >= 15 is 0 Å². The maximum absolute atomic E-state index is 12.2. The summed E-state index contributed by atoms with van der Waals surface area (Å²) in [5, 5.41) is 20.0. The summed E-state index contributed by atoms with van der Waals surface area (Å²) in [5.74, 6) is -2.52. The molecule has 3 N–H and O–H groups in total. The minimum atomic E-state index is -4.63. The number of nitrogens with one attached hydrogen (secondary N) is 1. The molecular formula is C8H8ClF3N2O2. The second kappa shape index (κ2) is 4.17. The van der Waals surface area contributed by atoms with Crippen LogP contribution in [-0.4, -0.2) is 22.2 Å². The summed E-state index contributed by atoms with van der Waals surface area (Å²) in [6.07, 6.45) is -4.63. The van der Waals surface area contributed by atoms with Crippen molar-refractivity contribution in [1.82, 2.24) is 10.3 Å². The third-order valence-corrected chi connectivity index (χ3v) is 2.15. The van der Waals surface area contributed by atoms with Crippen molar-refractivity contribution >= 4 is 11.6 Å². The van der Waals surface area contributed by atoms with Crippen LogP contribution in [0.15, 0.2) is 12.1 Å². The van der Waals surface area contributed by atoms with Crippen LogP contribution in [0.25, 0.3) is 0 Å². The molecule has 0 aliphatic rings. The highest BCUT2D eigenvalue weighted by atomic mass is 35.5. The number of rotatable bonds is 2. The fourth-order valence-corrected chi connectivity index (χ4v) is 1.27. The van der Waals surface area contributed by atoms with E-state index in [1.165, 1.54) is 7.05 Å². The van der Waals surface area contributed by atoms with Gasteiger partial charge >= 0.3 is 6.18 Å². The molecule has 1 rings (SSSR count). The maximum atomic E-state index is 12.2. The zero-order chi connectivity index (χ0) is 12.6. The molecule has 0 saturated heterocycles. The van der Waals surface area contributed by atoms with Gasteiger partial charge in [-0.1, -0.05) is 11.6 Å². The Morgan fingerprint density at radius 1 is 1.31 bits per heavy atom. The fraction of sp³-hybridized carbons (Fsp3) is 0.375. The minimum Gasteiger partial charge on any atom is -0.350 e. The summed E-state index contributed by atoms with van der Waals surface area (Å²) in [5.41, 5.74) is -1.56. The van der Waals surface area contributed by atoms with Gasteiger partial charge in [0.05, 0.1) is 5.56 Å². The molecule has 0 fully saturated rings. The Labute approximate surface area is 93.7 Å². The van der Waals surface area contributed by atoms with Gasteiger partial charge in [-0.05, 0) is 19.2 Å². The van der Waals surface area contributed by atoms with Crippen molar-refractivity contribution in [2.75, 3.05) is 7.05 Å². The molecule has 90 valence electrons. The molecule has 8 heteroatoms. The summed E-state index contributed by atoms with van der Waals surface area (Å²) >= 11 is 5.43. The van der Waals surface area contributed by atoms with E-state index in [-0.39, 0.29) is 5.56 Å². The second-order valence-corrected chi connectivity index (χ2v) is 3.31. The number of pyridine rings is 1. The van der Waals surface area contributed by atoms with Crippen LogP contribution in [0.2, 0.25) is 5.15 Å². The van der Waals surface area contributed by atoms with Crippen LogP contribution in [0.4, 0.5) is 13.2 Å². The Balaban J connectivity index is 3.20. The average molecular weight is 257 g/mol. The normalized spacial score (nSPS) is 12.9. The molecule has 0 aromatic carbocycles. The maximum Gasteiger partial charge on any atom is 0.433 e. The molecule has 0 amide bonds. The van der Waals surface area contributed by atoms with Crippen LogP contribution in [0.1, 0.15) is 11.3 Å². The number of aromatic nitrogens is 1. The summed E-state index contributed by atoms with van der Waals surface area (Å²) < 4.78 is 36.6. The van der Waals surface area contributed by atoms with Crippen molar-refractivity contribution in [2.24, 2.45) is 0 Å². The smallest absolute Gasteiger partial charge is 0.350 e. The second-order valence-electron chi connectivity index (χ2n) is 2.95. The van der Waals surface area contributed by atoms with Crippen molar-refractivity contribution in [2.45, 2.75) is 12.1 Å². The van der Waals surface area contributed by atoms with Crippen LogP contribution in [0.5, 0.6) is 0 Å². The first-order valence-electron chi connectivity index (χ1n) is 4.06. The van der Waals surface area contributed by atoms with Crippen molar-refractivity contribution in [3.63, 3.8) is 0 Å². The molecule has 0 aliphatic carbocycles. The van der Waals surface area contributed by atoms with Gasteiger partial charge in [0.25, 0.3) is 5.91 Å². The van der Waals surface area contributed by atoms with Gasteiger partial charge in [0, 0.05) is 0 Å². The largest absolute Gasteiger partial charge is 0.433 e. The third-order valence-electron chi connectivity index (χ3n) is 1.86. The van der Waals surface area contributed by atoms with Gasteiger partial charge in [0.15, 0.2) is 0 Å². The highest BCUT2D eigenvalue weighted by Crippen LogP contribution is 2.31. The lowest BCUT2D eigenvalue weighted by Crippen LogP contribution is -2.39. The first-order valence-corrected chi connectivity index (χ1v) is 4.44. The van der Waals surface area contributed by atoms with Crippen molar-refractivity contribution < 1.29 is 23.4 Å². The predicted molar refractivity (Wildman–Crippen MR) is 49.4 cm³/mol. The Hall–Kier alpha value is -0.890. The lowest BCUT2D eigenvalue weighted by atomic mass is 10.2. The molecule has 1 aromatic rings. The topological polar surface area (TPSA) is 65.4 Å². The van der Waals surface area contributed by atoms with E-state index < -0.39 is 22.9 Å². The molecule has 0 atom stereocenters. The zero-order valence-corrected chi connectivity index (χ0v) is 8.76. The Bertz CT molecular complexity index is 395. The first kappa shape index (κ1) is 13.2. The van der Waals surface area contributed by atoms with Crippen LogP contribution >= 0.6 is 11.6 Å². The zero-order valence-electron chi connectivity index (χ0n) is 8.01. The third kappa shape index (κ3) is 2.62. The highest BCUT2D eigenvalue weighted by molar-refractivity contribution is 6.30. The molecular weight excluding hydrogens is 249 g/mol. The van der Waals surface area contributed by atoms with Gasteiger partial charge in [0.1, 0.15) is 10.8 Å². The van der Waals surface area contributed by atoms with Gasteiger partial charge in [-0.15, -0.1) is 0 Å². The molecule has 0 unspecified atom stereocenters. The van der Waals surface area contributed by atoms with E-state index in [4.69, 9.17) is 11.6 Å². The van der Waals surface area contributed by atoms with Crippen molar-refractivity contribution in [3.05, 3.63) is 28.5 Å². The molecule has 16 heavy (non-hydrogen) atoms. The molecule has 0 bridgehead atoms. The van der Waals surface area contributed by atoms with E-state index in [1.54, 1.807) is 0 Å². The summed E-state index contributed by atoms with van der Waals surface area (Å²) in [7, 11) is 1.20. The lowest BCUT2D eigenvalue weighted by molar-refractivity contribution is -0.190. The number of alkyl halides is 3. The standard InChI is InChI=1S/C8H8ClF3N2O2/c1-13-8(15,16)4-2-3-5(7(10,11)12)14-6(4)9/h2-3,13,15-16H,1H3. The molecule has 1 heterocycles. The quantitative estimate of drug-likeness (QED) is 0.547. The summed E-state index contributed by atoms with van der Waals surface area (Å²) in [6.45, 7) is 0. The molecule has 0 saturated carbocycles. The Morgan fingerprint density at radius 3 is 2.25 bits per heavy atom. The number of nitrogens with zero attached hydrogens (tertiary/aromatic N) is 1. The first-order chi connectivity index (χ1) is 7.18. The number of halogens is 4. The van der Waals surface area contributed by atoms with Crippen molar-refractivity contribution in [1.29, 1.82) is 0 Å². The van der Waals surface area contributed by atoms with Gasteiger partial charge < -0.3 is 10.2 Å². The SMILES string of the molecule is CNC(O)(O)c1ccc(C(F)(F)F)nc1Cl. The molecule has 4 nitrogen and oxygen atoms in total. The number of hydrogen-bond donors (Lipinski definition) is 3. The minimum absolute atomic E-state index is 0.357. The highest BCUT2D eigenvalue weighted by Gasteiger charge is 2.35. The summed E-state index contributed by atoms with van der Waals surface area (Å²) in [6, 6.07) is 1.45. The molecule has 1 aromatic heterocycles. The van der Waals surface area contributed by atoms with Gasteiger partial charge in [-0.25, -0.2) is 4.98 Å². The van der Waals surface area contributed by atoms with E-state index in [9.17, 15) is 23.4 Å². The monoisotopic (exact) mass is 256 g/mol. The van der Waals surface area contributed by atoms with E-state index in [1.807, 2.05) is 0 Å². The molecule has 0 radical (unpaired) electrons. The lowest BCUT2D eigenvalue weighted by Gasteiger charge is -2.22. The van der Waals surface area contributed by atoms with Gasteiger partial charge in [0.2, 0.25) is 0 Å². The van der Waals surface area contributed by atoms with Gasteiger partial charge in [-0.3, -0.25) is 5.32 Å². The molecule has 0 aliphatic heterocycles. The Kier molecular flexibility index (Phi) is 3.44. The fourth-order valence-electron chi connectivity index (χ4n) is 0.987. The van der Waals surface area contributed by atoms with Gasteiger partial charge in [-0.2, -0.15) is 13.2 Å². The Morgan fingerprint density at radius 2 is 1.88 bits per heavy atom. The number of aliphatic hydroxyl groups is 2. The van der Waals surface area contributed by atoms with Crippen LogP contribution in [-0.2, 0) is 12.1 Å². The average Bonchev–Trinajstić information content (AvgIpc) is 2.16. The van der Waals surface area contributed by atoms with E-state index in [0.29, 0.717) is 6.07 Å². The van der Waals surface area contributed by atoms with Crippen molar-refractivity contribution in [3.8, 4) is 0 Å². The van der Waals surface area contributed by atoms with Crippen LogP contribution < -0.4 is 5.32 Å². The van der Waals surface area contributed by atoms with E-state index in [0.717, 1.165) is 6.07 Å². The van der Waals surface area contributed by atoms with Crippen LogP contribution in [0.3, 0.4) is 0 Å². The predicted octanol–water partition coefficient (Wildman–Crippen LogP) is 1.07. The van der Waals surface area contributed by atoms with Crippen LogP contribution in [0, 0.1) is 0 Å². The molecule has 0 spiro atoms. The number of hydrogen-bond acceptors (Lipinski definition) is 4.